The van der Waals surface area contributed by atoms with Crippen molar-refractivity contribution >= 4 is 41.4 Å². The summed E-state index contributed by atoms with van der Waals surface area (Å²) in [5.41, 5.74) is 10.5. The quantitative estimate of drug-likeness (QED) is 0.118. The van der Waals surface area contributed by atoms with Crippen LogP contribution in [0.25, 0.3) is 0 Å². The minimum Gasteiger partial charge on any atom is -0.480 e. The van der Waals surface area contributed by atoms with Crippen LogP contribution in [0.4, 0.5) is 0 Å². The van der Waals surface area contributed by atoms with E-state index in [0.717, 1.165) is 0 Å². The molecule has 10 N–H and O–H groups in total. The number of nitrogens with one attached hydrogen (secondary N) is 3. The molecule has 178 valence electrons. The Morgan fingerprint density at radius 1 is 0.968 bits per heavy atom. The van der Waals surface area contributed by atoms with E-state index in [-0.39, 0.29) is 19.3 Å². The Hall–Kier alpha value is -2.42. The standard InChI is InChI=1S/C17H31N5O8S/c1-8(24)13(17(29)30)22-16(28)11(5-6-31-2)21-15(27)10(3-4-12(19)25)20-14(26)9(18)7-23/h8-11,13,23-24H,3-7,18H2,1-2H3,(H2,19,25)(H,20,26)(H,21,27)(H,22,28)(H,29,30). The fourth-order valence-corrected chi connectivity index (χ4v) is 2.81. The SMILES string of the molecule is CSCCC(NC(=O)C(CCC(N)=O)NC(=O)C(N)CO)C(=O)NC(C(=O)O)C(C)O. The number of hydrogen-bond donors (Lipinski definition) is 8. The summed E-state index contributed by atoms with van der Waals surface area (Å²) in [6, 6.07) is -5.36. The third-order valence-electron chi connectivity index (χ3n) is 4.14. The van der Waals surface area contributed by atoms with Gasteiger partial charge in [0.2, 0.25) is 23.6 Å². The van der Waals surface area contributed by atoms with Gasteiger partial charge < -0.3 is 42.7 Å². The van der Waals surface area contributed by atoms with Gasteiger partial charge >= 0.3 is 5.97 Å². The van der Waals surface area contributed by atoms with Crippen LogP contribution in [0.2, 0.25) is 0 Å². The van der Waals surface area contributed by atoms with Gasteiger partial charge in [0.05, 0.1) is 12.7 Å². The normalized spacial score (nSPS) is 15.6. The first kappa shape index (κ1) is 28.6. The van der Waals surface area contributed by atoms with Crippen molar-refractivity contribution < 1.29 is 39.3 Å². The molecule has 0 fully saturated rings. The maximum atomic E-state index is 12.7. The monoisotopic (exact) mass is 465 g/mol. The first-order valence-electron chi connectivity index (χ1n) is 9.40. The number of rotatable bonds is 15. The molecule has 0 aromatic heterocycles. The van der Waals surface area contributed by atoms with Crippen LogP contribution in [-0.2, 0) is 24.0 Å². The zero-order valence-corrected chi connectivity index (χ0v) is 18.2. The second-order valence-electron chi connectivity index (χ2n) is 6.76. The number of primary amides is 1. The van der Waals surface area contributed by atoms with E-state index in [2.05, 4.69) is 16.0 Å². The van der Waals surface area contributed by atoms with Crippen LogP contribution >= 0.6 is 11.8 Å². The van der Waals surface area contributed by atoms with Gasteiger partial charge in [-0.15, -0.1) is 0 Å². The average molecular weight is 466 g/mol. The molecule has 31 heavy (non-hydrogen) atoms. The molecule has 13 nitrogen and oxygen atoms in total. The van der Waals surface area contributed by atoms with Crippen molar-refractivity contribution in [2.24, 2.45) is 11.5 Å². The molecule has 0 saturated carbocycles. The Labute approximate surface area is 183 Å². The van der Waals surface area contributed by atoms with E-state index < -0.39 is 66.5 Å². The lowest BCUT2D eigenvalue weighted by atomic mass is 10.1. The highest BCUT2D eigenvalue weighted by Crippen LogP contribution is 2.05. The number of thioether (sulfide) groups is 1. The molecule has 0 aromatic rings. The molecule has 0 aromatic carbocycles. The van der Waals surface area contributed by atoms with Crippen molar-refractivity contribution in [2.45, 2.75) is 56.5 Å². The largest absolute Gasteiger partial charge is 0.480 e. The lowest BCUT2D eigenvalue weighted by Gasteiger charge is -2.25. The van der Waals surface area contributed by atoms with Gasteiger partial charge in [-0.25, -0.2) is 4.79 Å². The Bertz CT molecular complexity index is 648. The number of hydrogen-bond acceptors (Lipinski definition) is 9. The predicted octanol–water partition coefficient (Wildman–Crippen LogP) is -3.76. The van der Waals surface area contributed by atoms with Gasteiger partial charge in [0.25, 0.3) is 0 Å². The topological polar surface area (TPSA) is 234 Å². The van der Waals surface area contributed by atoms with Gasteiger partial charge in [0, 0.05) is 6.42 Å². The summed E-state index contributed by atoms with van der Waals surface area (Å²) in [6.45, 7) is 0.513. The van der Waals surface area contributed by atoms with E-state index in [9.17, 15) is 29.1 Å². The fraction of sp³-hybridized carbons (Fsp3) is 0.706. The zero-order chi connectivity index (χ0) is 24.1. The van der Waals surface area contributed by atoms with E-state index in [1.807, 2.05) is 0 Å². The number of aliphatic hydroxyl groups excluding tert-OH is 2. The molecule has 5 atom stereocenters. The number of carbonyl (C=O) groups is 5. The van der Waals surface area contributed by atoms with Crippen LogP contribution in [0.3, 0.4) is 0 Å². The van der Waals surface area contributed by atoms with Crippen LogP contribution in [0, 0.1) is 0 Å². The van der Waals surface area contributed by atoms with Crippen molar-refractivity contribution in [3.05, 3.63) is 0 Å². The molecule has 5 unspecified atom stereocenters. The summed E-state index contributed by atoms with van der Waals surface area (Å²) in [6.07, 6.45) is 0.0576. The number of aliphatic hydroxyl groups is 2. The number of carbonyl (C=O) groups excluding carboxylic acids is 4. The molecule has 0 aliphatic heterocycles. The molecular formula is C17H31N5O8S. The van der Waals surface area contributed by atoms with E-state index in [1.165, 1.54) is 18.7 Å². The molecule has 0 aliphatic rings. The molecule has 14 heteroatoms. The average Bonchev–Trinajstić information content (AvgIpc) is 2.70. The first-order chi connectivity index (χ1) is 14.4. The third kappa shape index (κ3) is 11.0. The lowest BCUT2D eigenvalue weighted by molar-refractivity contribution is -0.145. The number of nitrogens with two attached hydrogens (primary N) is 2. The molecular weight excluding hydrogens is 434 g/mol. The van der Waals surface area contributed by atoms with Crippen molar-refractivity contribution in [1.82, 2.24) is 16.0 Å². The molecule has 0 radical (unpaired) electrons. The second-order valence-corrected chi connectivity index (χ2v) is 7.75. The first-order valence-corrected chi connectivity index (χ1v) is 10.8. The minimum atomic E-state index is -1.59. The van der Waals surface area contributed by atoms with Gasteiger partial charge in [0.15, 0.2) is 6.04 Å². The molecule has 0 bridgehead atoms. The second kappa shape index (κ2) is 14.6. The molecule has 4 amide bonds. The maximum Gasteiger partial charge on any atom is 0.328 e. The number of carboxylic acid groups (broad SMARTS) is 1. The van der Waals surface area contributed by atoms with Crippen molar-refractivity contribution in [1.29, 1.82) is 0 Å². The highest BCUT2D eigenvalue weighted by atomic mass is 32.2. The van der Waals surface area contributed by atoms with Gasteiger partial charge in [-0.1, -0.05) is 0 Å². The predicted molar refractivity (Wildman–Crippen MR) is 112 cm³/mol. The summed E-state index contributed by atoms with van der Waals surface area (Å²) < 4.78 is 0. The Balaban J connectivity index is 5.45. The lowest BCUT2D eigenvalue weighted by Crippen LogP contribution is -2.58. The van der Waals surface area contributed by atoms with E-state index in [1.54, 1.807) is 6.26 Å². The Morgan fingerprint density at radius 3 is 1.94 bits per heavy atom. The summed E-state index contributed by atoms with van der Waals surface area (Å²) in [5.74, 6) is -4.28. The highest BCUT2D eigenvalue weighted by Gasteiger charge is 2.31. The molecule has 0 saturated heterocycles. The summed E-state index contributed by atoms with van der Waals surface area (Å²) in [4.78, 5) is 59.5. The van der Waals surface area contributed by atoms with Gasteiger partial charge in [-0.2, -0.15) is 11.8 Å². The molecule has 0 rings (SSSR count). The van der Waals surface area contributed by atoms with E-state index >= 15 is 0 Å². The van der Waals surface area contributed by atoms with Crippen molar-refractivity contribution in [2.75, 3.05) is 18.6 Å². The highest BCUT2D eigenvalue weighted by molar-refractivity contribution is 7.98. The van der Waals surface area contributed by atoms with Gasteiger partial charge in [0.1, 0.15) is 18.1 Å². The molecule has 0 aliphatic carbocycles. The van der Waals surface area contributed by atoms with Crippen LogP contribution < -0.4 is 27.4 Å². The summed E-state index contributed by atoms with van der Waals surface area (Å²) >= 11 is 1.37. The Kier molecular flexibility index (Phi) is 13.4. The fourth-order valence-electron chi connectivity index (χ4n) is 2.34. The number of carboxylic acids is 1. The minimum absolute atomic E-state index is 0.123. The van der Waals surface area contributed by atoms with Crippen molar-refractivity contribution in [3.8, 4) is 0 Å². The maximum absolute atomic E-state index is 12.7. The zero-order valence-electron chi connectivity index (χ0n) is 17.4. The number of amides is 4. The molecule has 0 heterocycles. The number of aliphatic carboxylic acids is 1. The smallest absolute Gasteiger partial charge is 0.328 e. The van der Waals surface area contributed by atoms with Crippen LogP contribution in [0.1, 0.15) is 26.2 Å². The van der Waals surface area contributed by atoms with Crippen molar-refractivity contribution in [3.63, 3.8) is 0 Å². The third-order valence-corrected chi connectivity index (χ3v) is 4.78. The van der Waals surface area contributed by atoms with E-state index in [0.29, 0.717) is 5.75 Å². The van der Waals surface area contributed by atoms with Crippen LogP contribution in [-0.4, -0.2) is 93.8 Å². The van der Waals surface area contributed by atoms with E-state index in [4.69, 9.17) is 21.7 Å². The van der Waals surface area contributed by atoms with Crippen LogP contribution in [0.5, 0.6) is 0 Å². The Morgan fingerprint density at radius 2 is 1.48 bits per heavy atom. The summed E-state index contributed by atoms with van der Waals surface area (Å²) in [5, 5.41) is 34.5. The summed E-state index contributed by atoms with van der Waals surface area (Å²) in [7, 11) is 0. The molecule has 0 spiro atoms. The van der Waals surface area contributed by atoms with Gasteiger partial charge in [-0.05, 0) is 31.8 Å². The van der Waals surface area contributed by atoms with Crippen LogP contribution in [0.15, 0.2) is 0 Å². The van der Waals surface area contributed by atoms with Gasteiger partial charge in [-0.3, -0.25) is 19.2 Å².